The lowest BCUT2D eigenvalue weighted by molar-refractivity contribution is -0.0500. The number of rotatable bonds is 2. The van der Waals surface area contributed by atoms with E-state index in [9.17, 15) is 21.6 Å². The van der Waals surface area contributed by atoms with Gasteiger partial charge in [0.1, 0.15) is 5.75 Å². The van der Waals surface area contributed by atoms with Gasteiger partial charge in [-0.2, -0.15) is 21.6 Å². The van der Waals surface area contributed by atoms with Crippen LogP contribution in [0, 0.1) is 0 Å². The smallest absolute Gasteiger partial charge is 0.385 e. The van der Waals surface area contributed by atoms with Crippen molar-refractivity contribution in [3.05, 3.63) is 23.8 Å². The van der Waals surface area contributed by atoms with E-state index in [0.717, 1.165) is 0 Å². The molecule has 0 fully saturated rings. The third kappa shape index (κ3) is 2.38. The van der Waals surface area contributed by atoms with Gasteiger partial charge < -0.3 is 9.50 Å². The Labute approximate surface area is 102 Å². The van der Waals surface area contributed by atoms with E-state index in [1.165, 1.54) is 12.1 Å². The van der Waals surface area contributed by atoms with Gasteiger partial charge in [-0.1, -0.05) is 6.07 Å². The number of hydrogen-bond donors (Lipinski definition) is 1. The van der Waals surface area contributed by atoms with Gasteiger partial charge in [0.2, 0.25) is 0 Å². The van der Waals surface area contributed by atoms with Gasteiger partial charge >= 0.3 is 15.6 Å². The molecular weight excluding hydrogens is 271 g/mol. The summed E-state index contributed by atoms with van der Waals surface area (Å²) in [4.78, 5) is 0. The maximum absolute atomic E-state index is 12.2. The summed E-state index contributed by atoms with van der Waals surface area (Å²) >= 11 is 0. The molecule has 0 aliphatic carbocycles. The van der Waals surface area contributed by atoms with Crippen LogP contribution in [0.15, 0.2) is 18.2 Å². The zero-order chi connectivity index (χ0) is 13.4. The van der Waals surface area contributed by atoms with E-state index < -0.39 is 15.6 Å². The zero-order valence-corrected chi connectivity index (χ0v) is 9.94. The number of anilines is 1. The van der Waals surface area contributed by atoms with E-state index in [-0.39, 0.29) is 5.75 Å². The predicted octanol–water partition coefficient (Wildman–Crippen LogP) is 2.27. The molecule has 1 aromatic carbocycles. The van der Waals surface area contributed by atoms with E-state index in [1.807, 2.05) is 0 Å². The Balaban J connectivity index is 2.36. The Morgan fingerprint density at radius 3 is 2.67 bits per heavy atom. The van der Waals surface area contributed by atoms with Crippen LogP contribution in [0.25, 0.3) is 0 Å². The highest BCUT2D eigenvalue weighted by molar-refractivity contribution is 7.88. The lowest BCUT2D eigenvalue weighted by Gasteiger charge is -2.20. The highest BCUT2D eigenvalue weighted by Gasteiger charge is 2.48. The minimum atomic E-state index is -5.61. The minimum Gasteiger partial charge on any atom is -0.385 e. The fourth-order valence-electron chi connectivity index (χ4n) is 1.72. The standard InChI is InChI=1S/C10H10F3NO3S/c11-10(12,13)18(15,16)17-9-5-1-4-8-7(9)3-2-6-14-8/h1,4-5,14H,2-3,6H2. The zero-order valence-electron chi connectivity index (χ0n) is 9.12. The highest BCUT2D eigenvalue weighted by Crippen LogP contribution is 2.34. The van der Waals surface area contributed by atoms with Gasteiger partial charge in [0.25, 0.3) is 0 Å². The van der Waals surface area contributed by atoms with Crippen molar-refractivity contribution in [1.29, 1.82) is 0 Å². The Morgan fingerprint density at radius 2 is 2.00 bits per heavy atom. The van der Waals surface area contributed by atoms with Crippen molar-refractivity contribution in [3.63, 3.8) is 0 Å². The first-order chi connectivity index (χ1) is 8.31. The fraction of sp³-hybridized carbons (Fsp3) is 0.400. The number of benzene rings is 1. The lowest BCUT2D eigenvalue weighted by Crippen LogP contribution is -2.28. The highest BCUT2D eigenvalue weighted by atomic mass is 32.2. The van der Waals surface area contributed by atoms with Crippen LogP contribution in [0.1, 0.15) is 12.0 Å². The van der Waals surface area contributed by atoms with Crippen molar-refractivity contribution in [1.82, 2.24) is 0 Å². The van der Waals surface area contributed by atoms with Gasteiger partial charge in [-0.15, -0.1) is 0 Å². The van der Waals surface area contributed by atoms with Gasteiger partial charge in [0.05, 0.1) is 0 Å². The average Bonchev–Trinajstić information content (AvgIpc) is 2.27. The van der Waals surface area contributed by atoms with Gasteiger partial charge in [0, 0.05) is 17.8 Å². The Morgan fingerprint density at radius 1 is 1.28 bits per heavy atom. The van der Waals surface area contributed by atoms with Crippen molar-refractivity contribution < 1.29 is 25.8 Å². The van der Waals surface area contributed by atoms with Gasteiger partial charge in [-0.05, 0) is 25.0 Å². The van der Waals surface area contributed by atoms with E-state index in [1.54, 1.807) is 6.07 Å². The normalized spacial score (nSPS) is 15.7. The maximum atomic E-state index is 12.2. The van der Waals surface area contributed by atoms with E-state index in [4.69, 9.17) is 0 Å². The monoisotopic (exact) mass is 281 g/mol. The van der Waals surface area contributed by atoms with E-state index in [2.05, 4.69) is 9.50 Å². The van der Waals surface area contributed by atoms with Gasteiger partial charge in [0.15, 0.2) is 0 Å². The first kappa shape index (κ1) is 13.0. The quantitative estimate of drug-likeness (QED) is 0.667. The van der Waals surface area contributed by atoms with Crippen molar-refractivity contribution in [2.45, 2.75) is 18.3 Å². The minimum absolute atomic E-state index is 0.267. The maximum Gasteiger partial charge on any atom is 0.534 e. The van der Waals surface area contributed by atoms with Crippen LogP contribution < -0.4 is 9.50 Å². The third-order valence-electron chi connectivity index (χ3n) is 2.54. The molecule has 1 aliphatic rings. The second-order valence-corrected chi connectivity index (χ2v) is 5.33. The number of alkyl halides is 3. The molecular formula is C10H10F3NO3S. The molecule has 1 aliphatic heterocycles. The van der Waals surface area contributed by atoms with E-state index >= 15 is 0 Å². The van der Waals surface area contributed by atoms with Gasteiger partial charge in [-0.3, -0.25) is 0 Å². The molecule has 0 saturated carbocycles. The largest absolute Gasteiger partial charge is 0.534 e. The molecule has 0 radical (unpaired) electrons. The number of fused-ring (bicyclic) bond motifs is 1. The average molecular weight is 281 g/mol. The molecule has 0 saturated heterocycles. The van der Waals surface area contributed by atoms with Crippen LogP contribution in [0.3, 0.4) is 0 Å². The van der Waals surface area contributed by atoms with Gasteiger partial charge in [-0.25, -0.2) is 0 Å². The van der Waals surface area contributed by atoms with Crippen molar-refractivity contribution in [3.8, 4) is 5.75 Å². The molecule has 0 atom stereocenters. The summed E-state index contributed by atoms with van der Waals surface area (Å²) in [6, 6.07) is 4.33. The molecule has 100 valence electrons. The van der Waals surface area contributed by atoms with Crippen molar-refractivity contribution in [2.24, 2.45) is 0 Å². The Kier molecular flexibility index (Phi) is 3.14. The van der Waals surface area contributed by atoms with Crippen LogP contribution in [0.4, 0.5) is 18.9 Å². The lowest BCUT2D eigenvalue weighted by atomic mass is 10.0. The first-order valence-corrected chi connectivity index (χ1v) is 6.58. The number of nitrogens with one attached hydrogen (secondary N) is 1. The summed E-state index contributed by atoms with van der Waals surface area (Å²) in [6.45, 7) is 0.697. The van der Waals surface area contributed by atoms with Crippen molar-refractivity contribution >= 4 is 15.8 Å². The Bertz CT molecular complexity index is 554. The molecule has 1 aromatic rings. The summed E-state index contributed by atoms with van der Waals surface area (Å²) in [7, 11) is -5.61. The molecule has 2 rings (SSSR count). The summed E-state index contributed by atoms with van der Waals surface area (Å²) in [5.41, 5.74) is -4.36. The van der Waals surface area contributed by atoms with Crippen LogP contribution in [-0.4, -0.2) is 20.5 Å². The fourth-order valence-corrected chi connectivity index (χ4v) is 2.21. The second-order valence-electron chi connectivity index (χ2n) is 3.80. The summed E-state index contributed by atoms with van der Waals surface area (Å²) in [5.74, 6) is -0.267. The second kappa shape index (κ2) is 4.34. The molecule has 0 bridgehead atoms. The van der Waals surface area contributed by atoms with Crippen molar-refractivity contribution in [2.75, 3.05) is 11.9 Å². The number of hydrogen-bond acceptors (Lipinski definition) is 4. The summed E-state index contributed by atoms with van der Waals surface area (Å²) < 4.78 is 62.7. The molecule has 0 spiro atoms. The van der Waals surface area contributed by atoms with Crippen LogP contribution in [0.5, 0.6) is 5.75 Å². The van der Waals surface area contributed by atoms with Crippen LogP contribution >= 0.6 is 0 Å². The SMILES string of the molecule is O=S(=O)(Oc1cccc2c1CCCN2)C(F)(F)F. The topological polar surface area (TPSA) is 55.4 Å². The van der Waals surface area contributed by atoms with Crippen LogP contribution in [0.2, 0.25) is 0 Å². The van der Waals surface area contributed by atoms with E-state index in [0.29, 0.717) is 30.6 Å². The molecule has 0 unspecified atom stereocenters. The molecule has 18 heavy (non-hydrogen) atoms. The summed E-state index contributed by atoms with van der Waals surface area (Å²) in [5, 5.41) is 2.97. The molecule has 0 amide bonds. The molecule has 4 nitrogen and oxygen atoms in total. The summed E-state index contributed by atoms with van der Waals surface area (Å²) in [6.07, 6.45) is 1.19. The molecule has 1 heterocycles. The molecule has 0 aromatic heterocycles. The predicted molar refractivity (Wildman–Crippen MR) is 58.9 cm³/mol. The molecule has 8 heteroatoms. The Hall–Kier alpha value is -1.44. The third-order valence-corrected chi connectivity index (χ3v) is 3.50. The number of halogens is 3. The van der Waals surface area contributed by atoms with Crippen LogP contribution in [-0.2, 0) is 16.5 Å². The molecule has 1 N–H and O–H groups in total. The first-order valence-electron chi connectivity index (χ1n) is 5.18.